The molecular formula is C22H31N3O3. The minimum absolute atomic E-state index is 0.0353. The van der Waals surface area contributed by atoms with Crippen LogP contribution in [0, 0.1) is 18.8 Å². The maximum absolute atomic E-state index is 12.8. The molecule has 0 aromatic heterocycles. The molecule has 2 fully saturated rings. The molecule has 0 bridgehead atoms. The Morgan fingerprint density at radius 1 is 1.11 bits per heavy atom. The van der Waals surface area contributed by atoms with E-state index in [1.165, 1.54) is 0 Å². The molecule has 6 heteroatoms. The van der Waals surface area contributed by atoms with Crippen molar-refractivity contribution in [1.82, 2.24) is 15.5 Å². The Kier molecular flexibility index (Phi) is 6.70. The largest absolute Gasteiger partial charge is 0.354 e. The average Bonchev–Trinajstić information content (AvgIpc) is 3.55. The normalized spacial score (nSPS) is 18.4. The third-order valence-electron chi connectivity index (χ3n) is 5.76. The van der Waals surface area contributed by atoms with Crippen molar-refractivity contribution in [2.75, 3.05) is 19.6 Å². The summed E-state index contributed by atoms with van der Waals surface area (Å²) in [5.74, 6) is 0.172. The van der Waals surface area contributed by atoms with Gasteiger partial charge in [0.05, 0.1) is 0 Å². The number of amides is 3. The van der Waals surface area contributed by atoms with E-state index in [4.69, 9.17) is 0 Å². The first-order valence-corrected chi connectivity index (χ1v) is 10.4. The Labute approximate surface area is 167 Å². The standard InChI is InChI=1S/C22H31N3O3/c1-3-12-23-21(27)19(24-20(26)18-7-5-4-6-15(18)2)16-10-13-25(14-11-16)22(28)17-8-9-17/h4-7,16-17,19H,3,8-14H2,1-2H3,(H,23,27)(H,24,26)/t19-/m1/s1. The summed E-state index contributed by atoms with van der Waals surface area (Å²) >= 11 is 0. The number of hydrogen-bond donors (Lipinski definition) is 2. The topological polar surface area (TPSA) is 78.5 Å². The SMILES string of the molecule is CCCNC(=O)[C@H](NC(=O)c1ccccc1C)C1CCN(C(=O)C2CC2)CC1. The number of carbonyl (C=O) groups is 3. The second-order valence-electron chi connectivity index (χ2n) is 7.99. The third-order valence-corrected chi connectivity index (χ3v) is 5.76. The van der Waals surface area contributed by atoms with Crippen molar-refractivity contribution in [3.63, 3.8) is 0 Å². The predicted octanol–water partition coefficient (Wildman–Crippen LogP) is 2.27. The molecule has 152 valence electrons. The molecule has 1 aliphatic carbocycles. The smallest absolute Gasteiger partial charge is 0.252 e. The summed E-state index contributed by atoms with van der Waals surface area (Å²) in [5, 5.41) is 5.91. The van der Waals surface area contributed by atoms with E-state index in [-0.39, 0.29) is 29.6 Å². The number of carbonyl (C=O) groups excluding carboxylic acids is 3. The van der Waals surface area contributed by atoms with Gasteiger partial charge in [-0.25, -0.2) is 0 Å². The van der Waals surface area contributed by atoms with Crippen molar-refractivity contribution in [3.05, 3.63) is 35.4 Å². The second-order valence-corrected chi connectivity index (χ2v) is 7.99. The fourth-order valence-electron chi connectivity index (χ4n) is 3.84. The van der Waals surface area contributed by atoms with Gasteiger partial charge in [0, 0.05) is 31.1 Å². The molecule has 1 heterocycles. The first-order valence-electron chi connectivity index (χ1n) is 10.4. The maximum atomic E-state index is 12.8. The van der Waals surface area contributed by atoms with Crippen LogP contribution in [0.25, 0.3) is 0 Å². The zero-order valence-electron chi connectivity index (χ0n) is 16.9. The Balaban J connectivity index is 1.67. The van der Waals surface area contributed by atoms with Crippen molar-refractivity contribution in [3.8, 4) is 0 Å². The fraction of sp³-hybridized carbons (Fsp3) is 0.591. The highest BCUT2D eigenvalue weighted by Gasteiger charge is 2.38. The molecule has 28 heavy (non-hydrogen) atoms. The van der Waals surface area contributed by atoms with E-state index in [1.807, 2.05) is 36.9 Å². The highest BCUT2D eigenvalue weighted by atomic mass is 16.2. The molecule has 2 aliphatic rings. The van der Waals surface area contributed by atoms with Crippen molar-refractivity contribution in [1.29, 1.82) is 0 Å². The lowest BCUT2D eigenvalue weighted by atomic mass is 9.88. The Morgan fingerprint density at radius 3 is 2.39 bits per heavy atom. The van der Waals surface area contributed by atoms with Crippen LogP contribution >= 0.6 is 0 Å². The molecule has 0 radical (unpaired) electrons. The van der Waals surface area contributed by atoms with Gasteiger partial charge >= 0.3 is 0 Å². The van der Waals surface area contributed by atoms with Gasteiger partial charge < -0.3 is 15.5 Å². The van der Waals surface area contributed by atoms with Gasteiger partial charge in [0.2, 0.25) is 11.8 Å². The Bertz CT molecular complexity index is 721. The van der Waals surface area contributed by atoms with E-state index >= 15 is 0 Å². The summed E-state index contributed by atoms with van der Waals surface area (Å²) in [4.78, 5) is 39.8. The maximum Gasteiger partial charge on any atom is 0.252 e. The molecule has 3 amide bonds. The van der Waals surface area contributed by atoms with Gasteiger partial charge in [0.1, 0.15) is 6.04 Å². The molecular weight excluding hydrogens is 354 g/mol. The van der Waals surface area contributed by atoms with Gasteiger partial charge in [-0.1, -0.05) is 25.1 Å². The second kappa shape index (κ2) is 9.22. The lowest BCUT2D eigenvalue weighted by Gasteiger charge is -2.36. The number of nitrogens with zero attached hydrogens (tertiary/aromatic N) is 1. The van der Waals surface area contributed by atoms with Gasteiger partial charge in [-0.15, -0.1) is 0 Å². The molecule has 1 aromatic rings. The number of aryl methyl sites for hydroxylation is 1. The van der Waals surface area contributed by atoms with Crippen molar-refractivity contribution in [2.45, 2.75) is 52.0 Å². The minimum atomic E-state index is -0.572. The Morgan fingerprint density at radius 2 is 1.79 bits per heavy atom. The van der Waals surface area contributed by atoms with Crippen LogP contribution in [0.5, 0.6) is 0 Å². The number of nitrogens with one attached hydrogen (secondary N) is 2. The summed E-state index contributed by atoms with van der Waals surface area (Å²) in [6, 6.07) is 6.82. The van der Waals surface area contributed by atoms with Gasteiger partial charge in [0.15, 0.2) is 0 Å². The van der Waals surface area contributed by atoms with E-state index in [0.29, 0.717) is 25.2 Å². The zero-order valence-corrected chi connectivity index (χ0v) is 16.9. The highest BCUT2D eigenvalue weighted by Crippen LogP contribution is 2.33. The predicted molar refractivity (Wildman–Crippen MR) is 108 cm³/mol. The van der Waals surface area contributed by atoms with Crippen LogP contribution in [0.15, 0.2) is 24.3 Å². The molecule has 1 aromatic carbocycles. The molecule has 2 N–H and O–H groups in total. The first-order chi connectivity index (χ1) is 13.5. The quantitative estimate of drug-likeness (QED) is 0.756. The van der Waals surface area contributed by atoms with Crippen molar-refractivity contribution >= 4 is 17.7 Å². The monoisotopic (exact) mass is 385 g/mol. The molecule has 1 saturated carbocycles. The van der Waals surface area contributed by atoms with Crippen LogP contribution < -0.4 is 10.6 Å². The molecule has 1 saturated heterocycles. The van der Waals surface area contributed by atoms with Crippen molar-refractivity contribution < 1.29 is 14.4 Å². The number of piperidine rings is 1. The van der Waals surface area contributed by atoms with E-state index in [1.54, 1.807) is 6.07 Å². The average molecular weight is 386 g/mol. The minimum Gasteiger partial charge on any atom is -0.354 e. The molecule has 6 nitrogen and oxygen atoms in total. The number of likely N-dealkylation sites (tertiary alicyclic amines) is 1. The molecule has 1 atom stereocenters. The summed E-state index contributed by atoms with van der Waals surface area (Å²) < 4.78 is 0. The number of hydrogen-bond acceptors (Lipinski definition) is 3. The first kappa shape index (κ1) is 20.4. The van der Waals surface area contributed by atoms with Crippen LogP contribution in [-0.4, -0.2) is 48.3 Å². The van der Waals surface area contributed by atoms with E-state index in [2.05, 4.69) is 10.6 Å². The summed E-state index contributed by atoms with van der Waals surface area (Å²) in [5.41, 5.74) is 1.48. The number of rotatable bonds is 7. The van der Waals surface area contributed by atoms with Crippen molar-refractivity contribution in [2.24, 2.45) is 11.8 Å². The highest BCUT2D eigenvalue weighted by molar-refractivity contribution is 5.98. The summed E-state index contributed by atoms with van der Waals surface area (Å²) in [7, 11) is 0. The number of benzene rings is 1. The van der Waals surface area contributed by atoms with Crippen LogP contribution in [0.1, 0.15) is 54.9 Å². The van der Waals surface area contributed by atoms with Crippen LogP contribution in [0.2, 0.25) is 0 Å². The van der Waals surface area contributed by atoms with Crippen LogP contribution in [0.3, 0.4) is 0 Å². The molecule has 0 unspecified atom stereocenters. The molecule has 3 rings (SSSR count). The zero-order chi connectivity index (χ0) is 20.1. The van der Waals surface area contributed by atoms with E-state index in [0.717, 1.165) is 37.7 Å². The summed E-state index contributed by atoms with van der Waals surface area (Å²) in [6.45, 7) is 5.82. The van der Waals surface area contributed by atoms with Gasteiger partial charge in [0.25, 0.3) is 5.91 Å². The lowest BCUT2D eigenvalue weighted by molar-refractivity contribution is -0.134. The fourth-order valence-corrected chi connectivity index (χ4v) is 3.84. The summed E-state index contributed by atoms with van der Waals surface area (Å²) in [6.07, 6.45) is 4.33. The van der Waals surface area contributed by atoms with Gasteiger partial charge in [-0.05, 0) is 56.6 Å². The van der Waals surface area contributed by atoms with Crippen LogP contribution in [-0.2, 0) is 9.59 Å². The molecule has 1 aliphatic heterocycles. The van der Waals surface area contributed by atoms with Gasteiger partial charge in [-0.3, -0.25) is 14.4 Å². The Hall–Kier alpha value is -2.37. The van der Waals surface area contributed by atoms with Gasteiger partial charge in [-0.2, -0.15) is 0 Å². The lowest BCUT2D eigenvalue weighted by Crippen LogP contribution is -2.54. The van der Waals surface area contributed by atoms with E-state index in [9.17, 15) is 14.4 Å². The molecule has 0 spiro atoms. The van der Waals surface area contributed by atoms with E-state index < -0.39 is 6.04 Å². The third kappa shape index (κ3) is 4.91. The van der Waals surface area contributed by atoms with Crippen LogP contribution in [0.4, 0.5) is 0 Å².